The van der Waals surface area contributed by atoms with Gasteiger partial charge in [-0.3, -0.25) is 4.90 Å². The summed E-state index contributed by atoms with van der Waals surface area (Å²) in [5.41, 5.74) is 2.25. The second-order valence-corrected chi connectivity index (χ2v) is 7.76. The molecule has 126 valence electrons. The van der Waals surface area contributed by atoms with Crippen LogP contribution in [0.3, 0.4) is 0 Å². The molecule has 0 saturated heterocycles. The maximum absolute atomic E-state index is 5.81. The van der Waals surface area contributed by atoms with Crippen molar-refractivity contribution in [2.24, 2.45) is 0 Å². The fourth-order valence-corrected chi connectivity index (χ4v) is 3.98. The molecule has 0 spiro atoms. The van der Waals surface area contributed by atoms with Gasteiger partial charge in [0.1, 0.15) is 0 Å². The lowest BCUT2D eigenvalue weighted by molar-refractivity contribution is 0.284. The maximum atomic E-state index is 5.81. The number of hydrogen-bond acceptors (Lipinski definition) is 5. The minimum Gasteiger partial charge on any atom is -0.419 e. The Kier molecular flexibility index (Phi) is 4.65. The number of hydrogen-bond donors (Lipinski definition) is 0. The zero-order valence-electron chi connectivity index (χ0n) is 13.6. The van der Waals surface area contributed by atoms with Gasteiger partial charge in [-0.2, -0.15) is 0 Å². The van der Waals surface area contributed by atoms with E-state index in [1.165, 1.54) is 15.6 Å². The largest absolute Gasteiger partial charge is 0.419 e. The van der Waals surface area contributed by atoms with Crippen molar-refractivity contribution in [2.45, 2.75) is 13.1 Å². The zero-order valence-corrected chi connectivity index (χ0v) is 16.0. The number of aromatic nitrogens is 2. The van der Waals surface area contributed by atoms with Crippen molar-refractivity contribution in [1.29, 1.82) is 0 Å². The second-order valence-electron chi connectivity index (χ2n) is 5.94. The van der Waals surface area contributed by atoms with Crippen molar-refractivity contribution in [3.63, 3.8) is 0 Å². The Morgan fingerprint density at radius 2 is 1.84 bits per heavy atom. The molecule has 0 aliphatic heterocycles. The van der Waals surface area contributed by atoms with E-state index in [4.69, 9.17) is 4.42 Å². The Labute approximate surface area is 158 Å². The van der Waals surface area contributed by atoms with Crippen LogP contribution in [0.5, 0.6) is 0 Å². The third kappa shape index (κ3) is 3.66. The van der Waals surface area contributed by atoms with Crippen LogP contribution in [0.4, 0.5) is 0 Å². The van der Waals surface area contributed by atoms with Crippen LogP contribution in [0.15, 0.2) is 62.8 Å². The van der Waals surface area contributed by atoms with Crippen LogP contribution >= 0.6 is 27.3 Å². The Hall–Kier alpha value is -2.02. The molecule has 6 heteroatoms. The van der Waals surface area contributed by atoms with E-state index in [9.17, 15) is 0 Å². The van der Waals surface area contributed by atoms with Gasteiger partial charge in [-0.1, -0.05) is 34.1 Å². The van der Waals surface area contributed by atoms with Gasteiger partial charge in [0.15, 0.2) is 0 Å². The summed E-state index contributed by atoms with van der Waals surface area (Å²) in [6, 6.07) is 16.3. The molecule has 0 bridgehead atoms. The van der Waals surface area contributed by atoms with Crippen LogP contribution in [-0.2, 0) is 13.1 Å². The zero-order chi connectivity index (χ0) is 17.2. The normalized spacial score (nSPS) is 11.5. The molecule has 0 radical (unpaired) electrons. The molecule has 4 aromatic rings. The van der Waals surface area contributed by atoms with Gasteiger partial charge < -0.3 is 4.42 Å². The van der Waals surface area contributed by atoms with Crippen molar-refractivity contribution in [3.8, 4) is 11.5 Å². The van der Waals surface area contributed by atoms with Gasteiger partial charge in [0.05, 0.1) is 6.54 Å². The number of rotatable bonds is 5. The van der Waals surface area contributed by atoms with Crippen molar-refractivity contribution in [1.82, 2.24) is 15.1 Å². The van der Waals surface area contributed by atoms with Gasteiger partial charge >= 0.3 is 0 Å². The summed E-state index contributed by atoms with van der Waals surface area (Å²) in [5, 5.41) is 11.9. The lowest BCUT2D eigenvalue weighted by Gasteiger charge is -2.13. The van der Waals surface area contributed by atoms with Crippen LogP contribution in [0, 0.1) is 0 Å². The molecule has 0 N–H and O–H groups in total. The highest BCUT2D eigenvalue weighted by Crippen LogP contribution is 2.27. The van der Waals surface area contributed by atoms with Crippen molar-refractivity contribution < 1.29 is 4.42 Å². The molecule has 0 fully saturated rings. The molecule has 0 saturated carbocycles. The van der Waals surface area contributed by atoms with Gasteiger partial charge in [0.25, 0.3) is 0 Å². The van der Waals surface area contributed by atoms with Gasteiger partial charge in [-0.25, -0.2) is 0 Å². The van der Waals surface area contributed by atoms with E-state index in [0.717, 1.165) is 16.6 Å². The van der Waals surface area contributed by atoms with Gasteiger partial charge in [0.2, 0.25) is 11.8 Å². The summed E-state index contributed by atoms with van der Waals surface area (Å²) in [6.45, 7) is 1.47. The fraction of sp³-hybridized carbons (Fsp3) is 0.158. The summed E-state index contributed by atoms with van der Waals surface area (Å²) < 4.78 is 8.16. The van der Waals surface area contributed by atoms with E-state index in [1.54, 1.807) is 11.3 Å². The van der Waals surface area contributed by atoms with Crippen molar-refractivity contribution >= 4 is 37.4 Å². The molecule has 0 unspecified atom stereocenters. The lowest BCUT2D eigenvalue weighted by atomic mass is 10.2. The smallest absolute Gasteiger partial charge is 0.247 e. The minimum absolute atomic E-state index is 0.553. The molecule has 0 aliphatic rings. The van der Waals surface area contributed by atoms with E-state index >= 15 is 0 Å². The summed E-state index contributed by atoms with van der Waals surface area (Å²) in [7, 11) is 2.07. The van der Waals surface area contributed by atoms with Crippen LogP contribution in [0.2, 0.25) is 0 Å². The summed E-state index contributed by atoms with van der Waals surface area (Å²) in [6.07, 6.45) is 0. The average Bonchev–Trinajstić information content (AvgIpc) is 3.23. The number of thiophene rings is 1. The predicted molar refractivity (Wildman–Crippen MR) is 104 cm³/mol. The summed E-state index contributed by atoms with van der Waals surface area (Å²) in [4.78, 5) is 2.19. The lowest BCUT2D eigenvalue weighted by Crippen LogP contribution is -2.17. The SMILES string of the molecule is CN(Cc1nnc(-c2ccc(Br)cc2)o1)Cc1csc2ccccc12. The fourth-order valence-electron chi connectivity index (χ4n) is 2.76. The monoisotopic (exact) mass is 413 g/mol. The minimum atomic E-state index is 0.553. The Balaban J connectivity index is 1.46. The second kappa shape index (κ2) is 7.07. The molecule has 2 aromatic heterocycles. The highest BCUT2D eigenvalue weighted by atomic mass is 79.9. The topological polar surface area (TPSA) is 42.2 Å². The van der Waals surface area contributed by atoms with Gasteiger partial charge in [-0.15, -0.1) is 21.5 Å². The Morgan fingerprint density at radius 1 is 1.04 bits per heavy atom. The third-order valence-electron chi connectivity index (χ3n) is 3.96. The molecule has 4 rings (SSSR count). The molecule has 2 heterocycles. The molecule has 0 aliphatic carbocycles. The Morgan fingerprint density at radius 3 is 2.68 bits per heavy atom. The number of nitrogens with zero attached hydrogens (tertiary/aromatic N) is 3. The highest BCUT2D eigenvalue weighted by molar-refractivity contribution is 9.10. The summed E-state index contributed by atoms with van der Waals surface area (Å²) >= 11 is 5.21. The van der Waals surface area contributed by atoms with Crippen molar-refractivity contribution in [3.05, 3.63) is 69.8 Å². The highest BCUT2D eigenvalue weighted by Gasteiger charge is 2.12. The molecule has 25 heavy (non-hydrogen) atoms. The van der Waals surface area contributed by atoms with Gasteiger partial charge in [-0.05, 0) is 53.7 Å². The molecular weight excluding hydrogens is 398 g/mol. The molecule has 2 aromatic carbocycles. The van der Waals surface area contributed by atoms with Crippen LogP contribution in [0.25, 0.3) is 21.5 Å². The molecular formula is C19H16BrN3OS. The van der Waals surface area contributed by atoms with E-state index < -0.39 is 0 Å². The van der Waals surface area contributed by atoms with Crippen LogP contribution in [0.1, 0.15) is 11.5 Å². The standard InChI is InChI=1S/C19H16BrN3OS/c1-23(10-14-12-25-17-5-3-2-4-16(14)17)11-18-21-22-19(24-18)13-6-8-15(20)9-7-13/h2-9,12H,10-11H2,1H3. The first-order valence-corrected chi connectivity index (χ1v) is 9.58. The van der Waals surface area contributed by atoms with E-state index in [-0.39, 0.29) is 0 Å². The average molecular weight is 414 g/mol. The number of fused-ring (bicyclic) bond motifs is 1. The first-order chi connectivity index (χ1) is 12.2. The quantitative estimate of drug-likeness (QED) is 0.442. The number of halogens is 1. The van der Waals surface area contributed by atoms with Crippen molar-refractivity contribution in [2.75, 3.05) is 7.05 Å². The first kappa shape index (κ1) is 16.4. The number of benzene rings is 2. The molecule has 0 atom stereocenters. The van der Waals surface area contributed by atoms with E-state index in [2.05, 4.69) is 67.7 Å². The van der Waals surface area contributed by atoms with Gasteiger partial charge in [0, 0.05) is 21.3 Å². The maximum Gasteiger partial charge on any atom is 0.247 e. The Bertz CT molecular complexity index is 993. The summed E-state index contributed by atoms with van der Waals surface area (Å²) in [5.74, 6) is 1.18. The molecule has 0 amide bonds. The predicted octanol–water partition coefficient (Wildman–Crippen LogP) is 5.35. The van der Waals surface area contributed by atoms with E-state index in [1.807, 2.05) is 24.3 Å². The first-order valence-electron chi connectivity index (χ1n) is 7.91. The van der Waals surface area contributed by atoms with Crippen LogP contribution in [-0.4, -0.2) is 22.1 Å². The third-order valence-corrected chi connectivity index (χ3v) is 5.51. The molecule has 4 nitrogen and oxygen atoms in total. The van der Waals surface area contributed by atoms with E-state index in [0.29, 0.717) is 18.3 Å². The van der Waals surface area contributed by atoms with Crippen LogP contribution < -0.4 is 0 Å².